The van der Waals surface area contributed by atoms with Gasteiger partial charge in [-0.3, -0.25) is 10.1 Å². The van der Waals surface area contributed by atoms with E-state index in [9.17, 15) is 4.79 Å². The standard InChI is InChI=1S/C19H19N3OS2/c1-13-3-7-15(8-4-13)18(23)20-19-22-21-17(25-19)11-12-24-16-9-5-14(2)6-10-16/h3-10H,11-12H2,1-2H3,(H,20,22,23). The third kappa shape index (κ3) is 5.14. The summed E-state index contributed by atoms with van der Waals surface area (Å²) >= 11 is 3.23. The summed E-state index contributed by atoms with van der Waals surface area (Å²) < 4.78 is 0. The average molecular weight is 370 g/mol. The van der Waals surface area contributed by atoms with Gasteiger partial charge in [0.25, 0.3) is 5.91 Å². The Labute approximate surface area is 155 Å². The van der Waals surface area contributed by atoms with Crippen LogP contribution in [0.5, 0.6) is 0 Å². The molecule has 1 amide bonds. The number of aryl methyl sites for hydroxylation is 3. The Bertz CT molecular complexity index is 842. The minimum Gasteiger partial charge on any atom is -0.296 e. The number of thioether (sulfide) groups is 1. The van der Waals surface area contributed by atoms with Gasteiger partial charge in [-0.25, -0.2) is 0 Å². The molecule has 0 aliphatic heterocycles. The summed E-state index contributed by atoms with van der Waals surface area (Å²) in [5.41, 5.74) is 3.01. The highest BCUT2D eigenvalue weighted by molar-refractivity contribution is 7.99. The lowest BCUT2D eigenvalue weighted by atomic mass is 10.1. The van der Waals surface area contributed by atoms with Crippen molar-refractivity contribution in [3.05, 3.63) is 70.2 Å². The minimum atomic E-state index is -0.156. The molecule has 0 atom stereocenters. The molecule has 2 aromatic carbocycles. The molecule has 4 nitrogen and oxygen atoms in total. The van der Waals surface area contributed by atoms with Crippen LogP contribution in [0.3, 0.4) is 0 Å². The highest BCUT2D eigenvalue weighted by atomic mass is 32.2. The van der Waals surface area contributed by atoms with Crippen molar-refractivity contribution in [2.75, 3.05) is 11.1 Å². The average Bonchev–Trinajstić information content (AvgIpc) is 3.04. The van der Waals surface area contributed by atoms with Crippen molar-refractivity contribution >= 4 is 34.1 Å². The number of anilines is 1. The monoisotopic (exact) mass is 369 g/mol. The van der Waals surface area contributed by atoms with Gasteiger partial charge < -0.3 is 0 Å². The van der Waals surface area contributed by atoms with Gasteiger partial charge in [0.05, 0.1) is 0 Å². The van der Waals surface area contributed by atoms with Gasteiger partial charge in [0.1, 0.15) is 5.01 Å². The fourth-order valence-corrected chi connectivity index (χ4v) is 3.89. The Morgan fingerprint density at radius 2 is 1.64 bits per heavy atom. The number of carbonyl (C=O) groups excluding carboxylic acids is 1. The second-order valence-corrected chi connectivity index (χ2v) is 7.96. The number of amides is 1. The molecule has 0 fully saturated rings. The van der Waals surface area contributed by atoms with Crippen LogP contribution in [0.2, 0.25) is 0 Å². The number of benzene rings is 2. The van der Waals surface area contributed by atoms with E-state index in [-0.39, 0.29) is 5.91 Å². The molecule has 3 rings (SSSR count). The molecule has 0 spiro atoms. The van der Waals surface area contributed by atoms with Crippen molar-refractivity contribution < 1.29 is 4.79 Å². The van der Waals surface area contributed by atoms with E-state index in [4.69, 9.17) is 0 Å². The zero-order chi connectivity index (χ0) is 17.6. The van der Waals surface area contributed by atoms with Crippen LogP contribution in [-0.2, 0) is 6.42 Å². The zero-order valence-electron chi connectivity index (χ0n) is 14.2. The van der Waals surface area contributed by atoms with Gasteiger partial charge in [0.15, 0.2) is 0 Å². The van der Waals surface area contributed by atoms with E-state index in [2.05, 4.69) is 46.7 Å². The van der Waals surface area contributed by atoms with Crippen molar-refractivity contribution in [3.63, 3.8) is 0 Å². The van der Waals surface area contributed by atoms with Crippen LogP contribution in [0.25, 0.3) is 0 Å². The van der Waals surface area contributed by atoms with E-state index < -0.39 is 0 Å². The van der Waals surface area contributed by atoms with E-state index in [0.29, 0.717) is 10.7 Å². The first-order valence-electron chi connectivity index (χ1n) is 8.00. The smallest absolute Gasteiger partial charge is 0.257 e. The maximum atomic E-state index is 12.2. The van der Waals surface area contributed by atoms with Gasteiger partial charge in [-0.1, -0.05) is 46.7 Å². The lowest BCUT2D eigenvalue weighted by molar-refractivity contribution is 0.102. The van der Waals surface area contributed by atoms with Crippen LogP contribution in [0.15, 0.2) is 53.4 Å². The van der Waals surface area contributed by atoms with E-state index in [1.807, 2.05) is 31.2 Å². The quantitative estimate of drug-likeness (QED) is 0.638. The van der Waals surface area contributed by atoms with E-state index in [0.717, 1.165) is 22.7 Å². The third-order valence-electron chi connectivity index (χ3n) is 3.61. The largest absolute Gasteiger partial charge is 0.296 e. The van der Waals surface area contributed by atoms with Crippen LogP contribution in [0.1, 0.15) is 26.5 Å². The predicted molar refractivity (Wildman–Crippen MR) is 105 cm³/mol. The number of hydrogen-bond donors (Lipinski definition) is 1. The highest BCUT2D eigenvalue weighted by Gasteiger charge is 2.10. The Balaban J connectivity index is 1.51. The summed E-state index contributed by atoms with van der Waals surface area (Å²) in [6.07, 6.45) is 0.830. The molecule has 1 aromatic heterocycles. The molecule has 128 valence electrons. The molecule has 3 aromatic rings. The lowest BCUT2D eigenvalue weighted by Gasteiger charge is -2.01. The summed E-state index contributed by atoms with van der Waals surface area (Å²) in [7, 11) is 0. The lowest BCUT2D eigenvalue weighted by Crippen LogP contribution is -2.11. The molecular weight excluding hydrogens is 350 g/mol. The van der Waals surface area contributed by atoms with E-state index >= 15 is 0 Å². The Kier molecular flexibility index (Phi) is 5.83. The molecule has 1 heterocycles. The molecule has 0 unspecified atom stereocenters. The Morgan fingerprint density at radius 3 is 2.32 bits per heavy atom. The number of hydrogen-bond acceptors (Lipinski definition) is 5. The molecule has 1 N–H and O–H groups in total. The molecule has 6 heteroatoms. The number of aromatic nitrogens is 2. The first-order chi connectivity index (χ1) is 12.1. The van der Waals surface area contributed by atoms with Gasteiger partial charge in [-0.15, -0.1) is 22.0 Å². The van der Waals surface area contributed by atoms with Crippen molar-refractivity contribution in [3.8, 4) is 0 Å². The predicted octanol–water partition coefficient (Wildman–Crippen LogP) is 4.74. The van der Waals surface area contributed by atoms with Crippen LogP contribution < -0.4 is 5.32 Å². The third-order valence-corrected chi connectivity index (χ3v) is 5.52. The van der Waals surface area contributed by atoms with Gasteiger partial charge >= 0.3 is 0 Å². The van der Waals surface area contributed by atoms with Gasteiger partial charge in [-0.05, 0) is 38.1 Å². The number of rotatable bonds is 6. The Morgan fingerprint density at radius 1 is 1.00 bits per heavy atom. The van der Waals surface area contributed by atoms with Crippen molar-refractivity contribution in [2.45, 2.75) is 25.2 Å². The topological polar surface area (TPSA) is 54.9 Å². The summed E-state index contributed by atoms with van der Waals surface area (Å²) in [4.78, 5) is 13.4. The first-order valence-corrected chi connectivity index (χ1v) is 9.80. The molecule has 0 aliphatic rings. The van der Waals surface area contributed by atoms with E-state index in [1.54, 1.807) is 11.8 Å². The zero-order valence-corrected chi connectivity index (χ0v) is 15.8. The van der Waals surface area contributed by atoms with Gasteiger partial charge in [0.2, 0.25) is 5.13 Å². The molecule has 0 aliphatic carbocycles. The van der Waals surface area contributed by atoms with Crippen LogP contribution in [0, 0.1) is 13.8 Å². The Hall–Kier alpha value is -2.18. The SMILES string of the molecule is Cc1ccc(SCCc2nnc(NC(=O)c3ccc(C)cc3)s2)cc1. The normalized spacial score (nSPS) is 10.6. The van der Waals surface area contributed by atoms with Gasteiger partial charge in [0, 0.05) is 22.6 Å². The molecular formula is C19H19N3OS2. The van der Waals surface area contributed by atoms with Crippen molar-refractivity contribution in [2.24, 2.45) is 0 Å². The van der Waals surface area contributed by atoms with E-state index in [1.165, 1.54) is 21.8 Å². The van der Waals surface area contributed by atoms with Crippen molar-refractivity contribution in [1.29, 1.82) is 0 Å². The molecule has 0 saturated heterocycles. The van der Waals surface area contributed by atoms with Crippen LogP contribution >= 0.6 is 23.1 Å². The summed E-state index contributed by atoms with van der Waals surface area (Å²) in [6, 6.07) is 16.0. The maximum Gasteiger partial charge on any atom is 0.257 e. The fraction of sp³-hybridized carbons (Fsp3) is 0.211. The highest BCUT2D eigenvalue weighted by Crippen LogP contribution is 2.22. The molecule has 25 heavy (non-hydrogen) atoms. The summed E-state index contributed by atoms with van der Waals surface area (Å²) in [5.74, 6) is 0.778. The summed E-state index contributed by atoms with van der Waals surface area (Å²) in [5, 5.41) is 12.5. The number of nitrogens with zero attached hydrogens (tertiary/aromatic N) is 2. The van der Waals surface area contributed by atoms with Crippen LogP contribution in [0.4, 0.5) is 5.13 Å². The maximum absolute atomic E-state index is 12.2. The fourth-order valence-electron chi connectivity index (χ4n) is 2.17. The molecule has 0 bridgehead atoms. The molecule has 0 saturated carbocycles. The minimum absolute atomic E-state index is 0.156. The summed E-state index contributed by atoms with van der Waals surface area (Å²) in [6.45, 7) is 4.08. The van der Waals surface area contributed by atoms with Gasteiger partial charge in [-0.2, -0.15) is 0 Å². The second kappa shape index (κ2) is 8.27. The van der Waals surface area contributed by atoms with Crippen LogP contribution in [-0.4, -0.2) is 21.9 Å². The second-order valence-electron chi connectivity index (χ2n) is 5.73. The number of carbonyl (C=O) groups is 1. The van der Waals surface area contributed by atoms with Crippen molar-refractivity contribution in [1.82, 2.24) is 10.2 Å². The number of nitrogens with one attached hydrogen (secondary N) is 1. The first kappa shape index (κ1) is 17.6. The molecule has 0 radical (unpaired) electrons.